The molecule has 1 aromatic heterocycles. The summed E-state index contributed by atoms with van der Waals surface area (Å²) in [6, 6.07) is 16.2. The fourth-order valence-electron chi connectivity index (χ4n) is 3.62. The topological polar surface area (TPSA) is 84.3 Å². The number of nitrogens with one attached hydrogen (secondary N) is 1. The minimum atomic E-state index is -3.54. The minimum absolute atomic E-state index is 0.163. The molecule has 9 heteroatoms. The first-order chi connectivity index (χ1) is 14.9. The molecule has 3 aromatic rings. The summed E-state index contributed by atoms with van der Waals surface area (Å²) in [5, 5.41) is 7.15. The number of hydrogen-bond acceptors (Lipinski definition) is 4. The number of nitrogens with zero attached hydrogens (tertiary/aromatic N) is 3. The quantitative estimate of drug-likeness (QED) is 0.636. The fourth-order valence-corrected chi connectivity index (χ4v) is 5.11. The van der Waals surface area contributed by atoms with Crippen LogP contribution in [0.1, 0.15) is 18.4 Å². The standard InChI is InChI=1S/C22H23FN4O3S/c23-19-8-6-17(7-9-19)16-26-13-12-21(25-26)24-22(28)18-10-14-27(15-11-18)31(29,30)20-4-2-1-3-5-20/h1-9,12-13,18H,10-11,14-16H2,(H,24,25,28). The van der Waals surface area contributed by atoms with Gasteiger partial charge in [-0.2, -0.15) is 9.40 Å². The van der Waals surface area contributed by atoms with Gasteiger partial charge >= 0.3 is 0 Å². The number of piperidine rings is 1. The third-order valence-corrected chi connectivity index (χ3v) is 7.27. The van der Waals surface area contributed by atoms with Crippen LogP contribution < -0.4 is 5.32 Å². The number of rotatable bonds is 6. The second kappa shape index (κ2) is 8.99. The van der Waals surface area contributed by atoms with Crippen molar-refractivity contribution in [2.45, 2.75) is 24.3 Å². The van der Waals surface area contributed by atoms with Crippen molar-refractivity contribution in [1.82, 2.24) is 14.1 Å². The molecule has 1 saturated heterocycles. The van der Waals surface area contributed by atoms with Gasteiger partial charge in [0.2, 0.25) is 15.9 Å². The molecule has 7 nitrogen and oxygen atoms in total. The van der Waals surface area contributed by atoms with Crippen molar-refractivity contribution >= 4 is 21.7 Å². The molecule has 0 unspecified atom stereocenters. The van der Waals surface area contributed by atoms with Crippen LogP contribution in [0.25, 0.3) is 0 Å². The summed E-state index contributed by atoms with van der Waals surface area (Å²) in [5.74, 6) is -0.292. The zero-order valence-corrected chi connectivity index (χ0v) is 17.6. The number of aromatic nitrogens is 2. The van der Waals surface area contributed by atoms with Crippen LogP contribution in [0.4, 0.5) is 10.2 Å². The smallest absolute Gasteiger partial charge is 0.243 e. The van der Waals surface area contributed by atoms with Gasteiger partial charge in [0.25, 0.3) is 0 Å². The Bertz CT molecular complexity index is 1140. The predicted octanol–water partition coefficient (Wildman–Crippen LogP) is 3.11. The molecule has 1 amide bonds. The van der Waals surface area contributed by atoms with Gasteiger partial charge in [0.1, 0.15) is 5.82 Å². The number of benzene rings is 2. The van der Waals surface area contributed by atoms with E-state index in [9.17, 15) is 17.6 Å². The Labute approximate surface area is 180 Å². The molecular formula is C22H23FN4O3S. The van der Waals surface area contributed by atoms with Crippen LogP contribution in [0, 0.1) is 11.7 Å². The minimum Gasteiger partial charge on any atom is -0.309 e. The van der Waals surface area contributed by atoms with Gasteiger partial charge in [-0.25, -0.2) is 12.8 Å². The Hall–Kier alpha value is -3.04. The van der Waals surface area contributed by atoms with Crippen LogP contribution in [-0.4, -0.2) is 41.5 Å². The molecule has 1 fully saturated rings. The Kier molecular flexibility index (Phi) is 6.15. The highest BCUT2D eigenvalue weighted by atomic mass is 32.2. The lowest BCUT2D eigenvalue weighted by molar-refractivity contribution is -0.120. The van der Waals surface area contributed by atoms with E-state index < -0.39 is 10.0 Å². The van der Waals surface area contributed by atoms with Gasteiger partial charge < -0.3 is 5.32 Å². The SMILES string of the molecule is O=C(Nc1ccn(Cc2ccc(F)cc2)n1)C1CCN(S(=O)(=O)c2ccccc2)CC1. The summed E-state index contributed by atoms with van der Waals surface area (Å²) in [7, 11) is -3.54. The van der Waals surface area contributed by atoms with E-state index in [0.717, 1.165) is 5.56 Å². The summed E-state index contributed by atoms with van der Waals surface area (Å²) in [6.07, 6.45) is 2.65. The Morgan fingerprint density at radius 1 is 1.03 bits per heavy atom. The first-order valence-corrected chi connectivity index (χ1v) is 11.5. The molecule has 1 aliphatic rings. The van der Waals surface area contributed by atoms with Crippen LogP contribution in [0.2, 0.25) is 0 Å². The fraction of sp³-hybridized carbons (Fsp3) is 0.273. The number of carbonyl (C=O) groups is 1. The van der Waals surface area contributed by atoms with Crippen LogP contribution in [0.3, 0.4) is 0 Å². The van der Waals surface area contributed by atoms with Gasteiger partial charge in [-0.1, -0.05) is 30.3 Å². The number of amides is 1. The molecule has 162 valence electrons. The maximum Gasteiger partial charge on any atom is 0.243 e. The van der Waals surface area contributed by atoms with Gasteiger partial charge in [0, 0.05) is 31.3 Å². The second-order valence-electron chi connectivity index (χ2n) is 7.51. The van der Waals surface area contributed by atoms with Gasteiger partial charge in [-0.15, -0.1) is 0 Å². The summed E-state index contributed by atoms with van der Waals surface area (Å²) in [6.45, 7) is 1.06. The molecule has 31 heavy (non-hydrogen) atoms. The van der Waals surface area contributed by atoms with E-state index in [1.54, 1.807) is 59.4 Å². The molecule has 1 N–H and O–H groups in total. The lowest BCUT2D eigenvalue weighted by Gasteiger charge is -2.30. The Balaban J connectivity index is 1.31. The predicted molar refractivity (Wildman–Crippen MR) is 114 cm³/mol. The van der Waals surface area contributed by atoms with E-state index in [1.165, 1.54) is 16.4 Å². The van der Waals surface area contributed by atoms with Gasteiger partial charge in [-0.05, 0) is 42.7 Å². The number of anilines is 1. The summed E-state index contributed by atoms with van der Waals surface area (Å²) in [4.78, 5) is 12.9. The van der Waals surface area contributed by atoms with Crippen LogP contribution in [-0.2, 0) is 21.4 Å². The van der Waals surface area contributed by atoms with Crippen LogP contribution in [0.5, 0.6) is 0 Å². The zero-order valence-electron chi connectivity index (χ0n) is 16.8. The molecule has 0 aliphatic carbocycles. The summed E-state index contributed by atoms with van der Waals surface area (Å²) >= 11 is 0. The average Bonchev–Trinajstić information content (AvgIpc) is 3.22. The average molecular weight is 443 g/mol. The largest absolute Gasteiger partial charge is 0.309 e. The van der Waals surface area contributed by atoms with Crippen molar-refractivity contribution in [2.24, 2.45) is 5.92 Å². The van der Waals surface area contributed by atoms with Gasteiger partial charge in [0.05, 0.1) is 11.4 Å². The monoisotopic (exact) mass is 442 g/mol. The molecule has 0 spiro atoms. The molecule has 0 radical (unpaired) electrons. The number of halogens is 1. The van der Waals surface area contributed by atoms with Gasteiger partial charge in [-0.3, -0.25) is 9.48 Å². The molecular weight excluding hydrogens is 419 g/mol. The highest BCUT2D eigenvalue weighted by molar-refractivity contribution is 7.89. The molecule has 0 atom stereocenters. The summed E-state index contributed by atoms with van der Waals surface area (Å²) in [5.41, 5.74) is 0.898. The maximum absolute atomic E-state index is 13.0. The molecule has 2 heterocycles. The van der Waals surface area contributed by atoms with E-state index in [4.69, 9.17) is 0 Å². The van der Waals surface area contributed by atoms with E-state index in [-0.39, 0.29) is 22.5 Å². The lowest BCUT2D eigenvalue weighted by atomic mass is 9.97. The highest BCUT2D eigenvalue weighted by Crippen LogP contribution is 2.24. The molecule has 0 bridgehead atoms. The van der Waals surface area contributed by atoms with E-state index in [2.05, 4.69) is 10.4 Å². The maximum atomic E-state index is 13.0. The first kappa shape index (κ1) is 21.2. The molecule has 4 rings (SSSR count). The summed E-state index contributed by atoms with van der Waals surface area (Å²) < 4.78 is 41.6. The van der Waals surface area contributed by atoms with E-state index in [0.29, 0.717) is 38.3 Å². The molecule has 2 aromatic carbocycles. The van der Waals surface area contributed by atoms with Gasteiger partial charge in [0.15, 0.2) is 5.82 Å². The Morgan fingerprint density at radius 2 is 1.71 bits per heavy atom. The van der Waals surface area contributed by atoms with Crippen LogP contribution in [0.15, 0.2) is 71.8 Å². The second-order valence-corrected chi connectivity index (χ2v) is 9.44. The third kappa shape index (κ3) is 5.00. The number of carbonyl (C=O) groups excluding carboxylic acids is 1. The first-order valence-electron chi connectivity index (χ1n) is 10.1. The van der Waals surface area contributed by atoms with Crippen molar-refractivity contribution in [3.05, 3.63) is 78.2 Å². The van der Waals surface area contributed by atoms with Crippen molar-refractivity contribution in [2.75, 3.05) is 18.4 Å². The molecule has 1 aliphatic heterocycles. The number of sulfonamides is 1. The number of hydrogen-bond donors (Lipinski definition) is 1. The highest BCUT2D eigenvalue weighted by Gasteiger charge is 2.32. The van der Waals surface area contributed by atoms with E-state index >= 15 is 0 Å². The van der Waals surface area contributed by atoms with Crippen molar-refractivity contribution in [3.8, 4) is 0 Å². The normalized spacial score (nSPS) is 15.6. The van der Waals surface area contributed by atoms with Crippen molar-refractivity contribution in [3.63, 3.8) is 0 Å². The van der Waals surface area contributed by atoms with Crippen molar-refractivity contribution < 1.29 is 17.6 Å². The van der Waals surface area contributed by atoms with Crippen LogP contribution >= 0.6 is 0 Å². The lowest BCUT2D eigenvalue weighted by Crippen LogP contribution is -2.41. The third-order valence-electron chi connectivity index (χ3n) is 5.36. The van der Waals surface area contributed by atoms with E-state index in [1.807, 2.05) is 0 Å². The zero-order chi connectivity index (χ0) is 21.8. The Morgan fingerprint density at radius 3 is 2.39 bits per heavy atom. The molecule has 0 saturated carbocycles. The van der Waals surface area contributed by atoms with Crippen molar-refractivity contribution in [1.29, 1.82) is 0 Å².